The van der Waals surface area contributed by atoms with E-state index in [0.717, 1.165) is 31.7 Å². The van der Waals surface area contributed by atoms with Crippen LogP contribution in [0.1, 0.15) is 37.5 Å². The molecule has 0 bridgehead atoms. The van der Waals surface area contributed by atoms with E-state index < -0.39 is 0 Å². The van der Waals surface area contributed by atoms with Crippen LogP contribution in [0.15, 0.2) is 53.5 Å². The number of guanidine groups is 1. The van der Waals surface area contributed by atoms with Crippen LogP contribution in [-0.2, 0) is 24.2 Å². The molecule has 3 N–H and O–H groups in total. The van der Waals surface area contributed by atoms with Crippen molar-refractivity contribution >= 4 is 11.6 Å². The molecule has 0 aliphatic carbocycles. The molecule has 0 aromatic heterocycles. The van der Waals surface area contributed by atoms with E-state index in [0.29, 0.717) is 12.5 Å². The number of ether oxygens (including phenoxy) is 1. The molecule has 2 aromatic carbocycles. The fraction of sp³-hybridized carbons (Fsp3) is 0.435. The van der Waals surface area contributed by atoms with Gasteiger partial charge in [0.1, 0.15) is 0 Å². The van der Waals surface area contributed by atoms with Crippen molar-refractivity contribution in [2.75, 3.05) is 18.4 Å². The van der Waals surface area contributed by atoms with Crippen molar-refractivity contribution in [1.82, 2.24) is 4.90 Å². The van der Waals surface area contributed by atoms with Gasteiger partial charge in [0.05, 0.1) is 18.8 Å². The number of nitrogens with one attached hydrogen (secondary N) is 1. The lowest BCUT2D eigenvalue weighted by atomic mass is 10.1. The van der Waals surface area contributed by atoms with Crippen LogP contribution in [0.4, 0.5) is 5.69 Å². The third-order valence-electron chi connectivity index (χ3n) is 5.06. The Morgan fingerprint density at radius 3 is 2.36 bits per heavy atom. The first kappa shape index (κ1) is 20.4. The van der Waals surface area contributed by atoms with E-state index >= 15 is 0 Å². The monoisotopic (exact) mass is 380 g/mol. The number of aryl methyl sites for hydroxylation is 1. The Kier molecular flexibility index (Phi) is 7.06. The Bertz CT molecular complexity index is 777. The Hall–Kier alpha value is -2.37. The zero-order valence-electron chi connectivity index (χ0n) is 17.2. The molecule has 1 aliphatic heterocycles. The van der Waals surface area contributed by atoms with Gasteiger partial charge in [-0.25, -0.2) is 4.99 Å². The number of hydrogen-bond donors (Lipinski definition) is 2. The summed E-state index contributed by atoms with van der Waals surface area (Å²) < 4.78 is 5.85. The molecule has 5 heteroatoms. The number of hydrogen-bond acceptors (Lipinski definition) is 3. The maximum Gasteiger partial charge on any atom is 0.193 e. The fourth-order valence-electron chi connectivity index (χ4n) is 3.70. The SMILES string of the molecule is CCc1ccc(NC(N)=NCc2ccccc2CN2CC(C)OC(C)C2)cc1. The molecule has 2 unspecified atom stereocenters. The molecule has 0 amide bonds. The maximum absolute atomic E-state index is 6.11. The highest BCUT2D eigenvalue weighted by Gasteiger charge is 2.22. The minimum Gasteiger partial charge on any atom is -0.373 e. The largest absolute Gasteiger partial charge is 0.373 e. The summed E-state index contributed by atoms with van der Waals surface area (Å²) in [6, 6.07) is 16.8. The van der Waals surface area contributed by atoms with E-state index in [-0.39, 0.29) is 12.2 Å². The van der Waals surface area contributed by atoms with Crippen LogP contribution in [0.25, 0.3) is 0 Å². The Morgan fingerprint density at radius 1 is 1.07 bits per heavy atom. The smallest absolute Gasteiger partial charge is 0.193 e. The number of anilines is 1. The van der Waals surface area contributed by atoms with Crippen molar-refractivity contribution in [1.29, 1.82) is 0 Å². The van der Waals surface area contributed by atoms with Gasteiger partial charge < -0.3 is 15.8 Å². The first-order valence-corrected chi connectivity index (χ1v) is 10.1. The van der Waals surface area contributed by atoms with E-state index in [9.17, 15) is 0 Å². The van der Waals surface area contributed by atoms with Crippen LogP contribution >= 0.6 is 0 Å². The van der Waals surface area contributed by atoms with Gasteiger partial charge in [-0.3, -0.25) is 4.90 Å². The van der Waals surface area contributed by atoms with Crippen molar-refractivity contribution in [2.24, 2.45) is 10.7 Å². The topological polar surface area (TPSA) is 62.9 Å². The number of nitrogens with zero attached hydrogens (tertiary/aromatic N) is 2. The Balaban J connectivity index is 1.62. The number of nitrogens with two attached hydrogens (primary N) is 1. The van der Waals surface area contributed by atoms with Gasteiger partial charge in [0.25, 0.3) is 0 Å². The number of morpholine rings is 1. The van der Waals surface area contributed by atoms with Gasteiger partial charge in [0, 0.05) is 25.3 Å². The van der Waals surface area contributed by atoms with Gasteiger partial charge in [0.15, 0.2) is 5.96 Å². The van der Waals surface area contributed by atoms with Crippen molar-refractivity contribution in [3.05, 3.63) is 65.2 Å². The van der Waals surface area contributed by atoms with E-state index in [1.807, 2.05) is 12.1 Å². The fourth-order valence-corrected chi connectivity index (χ4v) is 3.70. The molecule has 2 atom stereocenters. The average Bonchev–Trinajstić information content (AvgIpc) is 2.67. The molecule has 1 heterocycles. The second-order valence-electron chi connectivity index (χ2n) is 7.60. The van der Waals surface area contributed by atoms with Crippen molar-refractivity contribution in [3.8, 4) is 0 Å². The van der Waals surface area contributed by atoms with Crippen molar-refractivity contribution in [2.45, 2.75) is 52.5 Å². The summed E-state index contributed by atoms with van der Waals surface area (Å²) in [5.74, 6) is 0.438. The molecule has 28 heavy (non-hydrogen) atoms. The predicted octanol–water partition coefficient (Wildman–Crippen LogP) is 3.79. The predicted molar refractivity (Wildman–Crippen MR) is 116 cm³/mol. The molecule has 1 saturated heterocycles. The summed E-state index contributed by atoms with van der Waals surface area (Å²) in [6.07, 6.45) is 1.57. The van der Waals surface area contributed by atoms with Crippen LogP contribution in [0.2, 0.25) is 0 Å². The van der Waals surface area contributed by atoms with E-state index in [2.05, 4.69) is 72.4 Å². The first-order valence-electron chi connectivity index (χ1n) is 10.1. The van der Waals surface area contributed by atoms with Gasteiger partial charge in [-0.1, -0.05) is 43.3 Å². The molecule has 0 saturated carbocycles. The van der Waals surface area contributed by atoms with Crippen LogP contribution in [-0.4, -0.2) is 36.2 Å². The summed E-state index contributed by atoms with van der Waals surface area (Å²) in [7, 11) is 0. The maximum atomic E-state index is 6.11. The molecule has 5 nitrogen and oxygen atoms in total. The summed E-state index contributed by atoms with van der Waals surface area (Å²) in [5, 5.41) is 3.18. The van der Waals surface area contributed by atoms with Crippen LogP contribution < -0.4 is 11.1 Å². The molecular weight excluding hydrogens is 348 g/mol. The zero-order chi connectivity index (χ0) is 19.9. The van der Waals surface area contributed by atoms with Crippen LogP contribution in [0, 0.1) is 0 Å². The third-order valence-corrected chi connectivity index (χ3v) is 5.06. The van der Waals surface area contributed by atoms with Gasteiger partial charge in [-0.05, 0) is 49.1 Å². The molecule has 0 spiro atoms. The highest BCUT2D eigenvalue weighted by Crippen LogP contribution is 2.18. The second kappa shape index (κ2) is 9.71. The Morgan fingerprint density at radius 2 is 1.71 bits per heavy atom. The highest BCUT2D eigenvalue weighted by atomic mass is 16.5. The number of benzene rings is 2. The van der Waals surface area contributed by atoms with Crippen LogP contribution in [0.5, 0.6) is 0 Å². The average molecular weight is 381 g/mol. The van der Waals surface area contributed by atoms with Gasteiger partial charge in [-0.15, -0.1) is 0 Å². The molecule has 0 radical (unpaired) electrons. The normalized spacial score (nSPS) is 20.9. The molecule has 1 aliphatic rings. The summed E-state index contributed by atoms with van der Waals surface area (Å²) >= 11 is 0. The van der Waals surface area contributed by atoms with Crippen molar-refractivity contribution < 1.29 is 4.74 Å². The molecular formula is C23H32N4O. The lowest BCUT2D eigenvalue weighted by Crippen LogP contribution is -2.44. The molecule has 3 rings (SSSR count). The van der Waals surface area contributed by atoms with E-state index in [1.54, 1.807) is 0 Å². The standard InChI is InChI=1S/C23H32N4O/c1-4-19-9-11-22(12-10-19)26-23(24)25-13-20-7-5-6-8-21(20)16-27-14-17(2)28-18(3)15-27/h5-12,17-18H,4,13-16H2,1-3H3,(H3,24,25,26). The van der Waals surface area contributed by atoms with Crippen molar-refractivity contribution in [3.63, 3.8) is 0 Å². The molecule has 150 valence electrons. The summed E-state index contributed by atoms with van der Waals surface area (Å²) in [4.78, 5) is 7.01. The first-order chi connectivity index (χ1) is 13.5. The number of rotatable bonds is 6. The van der Waals surface area contributed by atoms with Crippen LogP contribution in [0.3, 0.4) is 0 Å². The minimum absolute atomic E-state index is 0.271. The van der Waals surface area contributed by atoms with Gasteiger partial charge in [-0.2, -0.15) is 0 Å². The van der Waals surface area contributed by atoms with Gasteiger partial charge >= 0.3 is 0 Å². The Labute approximate surface area is 168 Å². The molecule has 1 fully saturated rings. The zero-order valence-corrected chi connectivity index (χ0v) is 17.2. The van der Waals surface area contributed by atoms with E-state index in [1.165, 1.54) is 16.7 Å². The summed E-state index contributed by atoms with van der Waals surface area (Å²) in [5.41, 5.74) is 10.9. The quantitative estimate of drug-likeness (QED) is 0.591. The van der Waals surface area contributed by atoms with Gasteiger partial charge in [0.2, 0.25) is 0 Å². The third kappa shape index (κ3) is 5.81. The second-order valence-corrected chi connectivity index (χ2v) is 7.60. The number of aliphatic imine (C=N–C) groups is 1. The lowest BCUT2D eigenvalue weighted by Gasteiger charge is -2.35. The summed E-state index contributed by atoms with van der Waals surface area (Å²) in [6.45, 7) is 9.82. The van der Waals surface area contributed by atoms with E-state index in [4.69, 9.17) is 10.5 Å². The minimum atomic E-state index is 0.271. The lowest BCUT2D eigenvalue weighted by molar-refractivity contribution is -0.0705. The highest BCUT2D eigenvalue weighted by molar-refractivity contribution is 5.92. The molecule has 2 aromatic rings.